The molecular formula is C17H19N5OS. The summed E-state index contributed by atoms with van der Waals surface area (Å²) in [5.74, 6) is 0.119. The molecule has 0 aliphatic heterocycles. The molecule has 3 rings (SSSR count). The molecule has 3 aromatic rings. The lowest BCUT2D eigenvalue weighted by Gasteiger charge is -2.04. The van der Waals surface area contributed by atoms with Crippen molar-refractivity contribution >= 4 is 34.9 Å². The van der Waals surface area contributed by atoms with E-state index in [9.17, 15) is 4.79 Å². The Bertz CT molecular complexity index is 880. The highest BCUT2D eigenvalue weighted by Gasteiger charge is 2.11. The fourth-order valence-electron chi connectivity index (χ4n) is 2.41. The van der Waals surface area contributed by atoms with Crippen LogP contribution in [0, 0.1) is 0 Å². The third-order valence-electron chi connectivity index (χ3n) is 3.64. The van der Waals surface area contributed by atoms with Crippen molar-refractivity contribution in [2.45, 2.75) is 18.6 Å². The number of rotatable bonds is 6. The van der Waals surface area contributed by atoms with Crippen LogP contribution in [0.5, 0.6) is 0 Å². The summed E-state index contributed by atoms with van der Waals surface area (Å²) in [6, 6.07) is 11.8. The highest BCUT2D eigenvalue weighted by Crippen LogP contribution is 2.23. The van der Waals surface area contributed by atoms with Gasteiger partial charge in [-0.2, -0.15) is 5.10 Å². The first-order valence-corrected chi connectivity index (χ1v) is 8.69. The van der Waals surface area contributed by atoms with E-state index in [0.29, 0.717) is 0 Å². The monoisotopic (exact) mass is 341 g/mol. The average Bonchev–Trinajstić information content (AvgIpc) is 3.16. The minimum atomic E-state index is -0.153. The third kappa shape index (κ3) is 3.51. The van der Waals surface area contributed by atoms with Crippen molar-refractivity contribution in [1.29, 1.82) is 0 Å². The largest absolute Gasteiger partial charge is 0.350 e. The molecule has 124 valence electrons. The first kappa shape index (κ1) is 16.3. The lowest BCUT2D eigenvalue weighted by atomic mass is 10.3. The van der Waals surface area contributed by atoms with Crippen molar-refractivity contribution in [2.75, 3.05) is 5.75 Å². The number of nitrogens with zero attached hydrogens (tertiary/aromatic N) is 4. The van der Waals surface area contributed by atoms with Crippen molar-refractivity contribution < 1.29 is 4.79 Å². The second-order valence-electron chi connectivity index (χ2n) is 5.25. The zero-order valence-electron chi connectivity index (χ0n) is 13.6. The molecule has 1 amide bonds. The van der Waals surface area contributed by atoms with Crippen LogP contribution in [0.2, 0.25) is 0 Å². The molecule has 0 atom stereocenters. The Morgan fingerprint density at radius 2 is 2.17 bits per heavy atom. The number of hydrazone groups is 1. The molecule has 0 bridgehead atoms. The molecule has 2 heterocycles. The molecule has 0 unspecified atom stereocenters. The fraction of sp³-hybridized carbons (Fsp3) is 0.235. The van der Waals surface area contributed by atoms with Crippen LogP contribution in [0.4, 0.5) is 0 Å². The number of hydrogen-bond acceptors (Lipinski definition) is 4. The van der Waals surface area contributed by atoms with Gasteiger partial charge in [0.05, 0.1) is 28.7 Å². The lowest BCUT2D eigenvalue weighted by molar-refractivity contribution is -0.118. The molecule has 0 fully saturated rings. The molecule has 0 aliphatic carbocycles. The molecule has 1 N–H and O–H groups in total. The number of fused-ring (bicyclic) bond motifs is 1. The molecule has 6 nitrogen and oxygen atoms in total. The van der Waals surface area contributed by atoms with Gasteiger partial charge in [0.25, 0.3) is 5.91 Å². The number of amides is 1. The smallest absolute Gasteiger partial charge is 0.250 e. The maximum atomic E-state index is 12.0. The molecule has 7 heteroatoms. The standard InChI is InChI=1S/C17H19N5OS/c1-3-22-15-9-5-4-8-14(15)19-17(22)24-12-16(23)20-18-11-13-7-6-10-21(13)2/h4-11H,3,12H2,1-2H3,(H,20,23)/b18-11-. The van der Waals surface area contributed by atoms with Crippen molar-refractivity contribution in [1.82, 2.24) is 19.5 Å². The minimum absolute atomic E-state index is 0.153. The van der Waals surface area contributed by atoms with Crippen LogP contribution in [0.1, 0.15) is 12.6 Å². The maximum absolute atomic E-state index is 12.0. The van der Waals surface area contributed by atoms with E-state index in [1.807, 2.05) is 54.2 Å². The second-order valence-corrected chi connectivity index (χ2v) is 6.20. The summed E-state index contributed by atoms with van der Waals surface area (Å²) < 4.78 is 4.04. The number of aromatic nitrogens is 3. The third-order valence-corrected chi connectivity index (χ3v) is 4.61. The Morgan fingerprint density at radius 1 is 1.33 bits per heavy atom. The molecule has 0 saturated heterocycles. The van der Waals surface area contributed by atoms with Crippen molar-refractivity contribution in [3.05, 3.63) is 48.3 Å². The van der Waals surface area contributed by atoms with E-state index in [0.717, 1.165) is 28.4 Å². The van der Waals surface area contributed by atoms with E-state index in [1.54, 1.807) is 6.21 Å². The number of para-hydroxylation sites is 2. The van der Waals surface area contributed by atoms with E-state index in [2.05, 4.69) is 27.0 Å². The van der Waals surface area contributed by atoms with Crippen LogP contribution in [0.25, 0.3) is 11.0 Å². The number of carbonyl (C=O) groups is 1. The molecule has 2 aromatic heterocycles. The molecule has 0 radical (unpaired) electrons. The van der Waals surface area contributed by atoms with Crippen molar-refractivity contribution in [2.24, 2.45) is 12.1 Å². The molecule has 1 aromatic carbocycles. The average molecular weight is 341 g/mol. The van der Waals surface area contributed by atoms with Crippen LogP contribution in [0.15, 0.2) is 52.9 Å². The number of aryl methyl sites for hydroxylation is 2. The SMILES string of the molecule is CCn1c(SCC(=O)N/N=C\c2cccn2C)nc2ccccc21. The number of imidazole rings is 1. The van der Waals surface area contributed by atoms with E-state index < -0.39 is 0 Å². The van der Waals surface area contributed by atoms with Gasteiger partial charge in [0.2, 0.25) is 0 Å². The minimum Gasteiger partial charge on any atom is -0.350 e. The zero-order valence-corrected chi connectivity index (χ0v) is 14.5. The molecule has 0 aliphatic rings. The second kappa shape index (κ2) is 7.35. The van der Waals surface area contributed by atoms with Crippen LogP contribution >= 0.6 is 11.8 Å². The summed E-state index contributed by atoms with van der Waals surface area (Å²) in [7, 11) is 1.92. The normalized spacial score (nSPS) is 11.4. The van der Waals surface area contributed by atoms with Gasteiger partial charge in [-0.25, -0.2) is 10.4 Å². The topological polar surface area (TPSA) is 64.2 Å². The van der Waals surface area contributed by atoms with Gasteiger partial charge in [-0.3, -0.25) is 4.79 Å². The number of carbonyl (C=O) groups excluding carboxylic acids is 1. The van der Waals surface area contributed by atoms with Crippen molar-refractivity contribution in [3.8, 4) is 0 Å². The predicted molar refractivity (Wildman–Crippen MR) is 97.3 cm³/mol. The highest BCUT2D eigenvalue weighted by molar-refractivity contribution is 7.99. The Morgan fingerprint density at radius 3 is 2.92 bits per heavy atom. The van der Waals surface area contributed by atoms with Gasteiger partial charge in [0.15, 0.2) is 5.16 Å². The number of hydrogen-bond donors (Lipinski definition) is 1. The first-order chi connectivity index (χ1) is 11.7. The van der Waals surface area contributed by atoms with Gasteiger partial charge in [0.1, 0.15) is 0 Å². The van der Waals surface area contributed by atoms with Gasteiger partial charge >= 0.3 is 0 Å². The van der Waals surface area contributed by atoms with Gasteiger partial charge in [-0.15, -0.1) is 0 Å². The number of benzene rings is 1. The first-order valence-electron chi connectivity index (χ1n) is 7.70. The Hall–Kier alpha value is -2.54. The lowest BCUT2D eigenvalue weighted by Crippen LogP contribution is -2.20. The van der Waals surface area contributed by atoms with Gasteiger partial charge in [-0.05, 0) is 31.2 Å². The van der Waals surface area contributed by atoms with Crippen molar-refractivity contribution in [3.63, 3.8) is 0 Å². The fourth-order valence-corrected chi connectivity index (χ4v) is 3.28. The van der Waals surface area contributed by atoms with Crippen LogP contribution in [0.3, 0.4) is 0 Å². The summed E-state index contributed by atoms with van der Waals surface area (Å²) >= 11 is 1.42. The van der Waals surface area contributed by atoms with Gasteiger partial charge < -0.3 is 9.13 Å². The zero-order chi connectivity index (χ0) is 16.9. The molecule has 24 heavy (non-hydrogen) atoms. The van der Waals surface area contributed by atoms with E-state index in [-0.39, 0.29) is 11.7 Å². The van der Waals surface area contributed by atoms with Gasteiger partial charge in [0, 0.05) is 19.8 Å². The van der Waals surface area contributed by atoms with Crippen LogP contribution in [-0.2, 0) is 18.4 Å². The summed E-state index contributed by atoms with van der Waals surface area (Å²) in [4.78, 5) is 16.5. The van der Waals surface area contributed by atoms with E-state index >= 15 is 0 Å². The molecular weight excluding hydrogens is 322 g/mol. The van der Waals surface area contributed by atoms with E-state index in [4.69, 9.17) is 0 Å². The van der Waals surface area contributed by atoms with E-state index in [1.165, 1.54) is 11.8 Å². The summed E-state index contributed by atoms with van der Waals surface area (Å²) in [6.45, 7) is 2.89. The quantitative estimate of drug-likeness (QED) is 0.426. The Balaban J connectivity index is 1.60. The molecule has 0 spiro atoms. The maximum Gasteiger partial charge on any atom is 0.250 e. The summed E-state index contributed by atoms with van der Waals surface area (Å²) in [6.07, 6.45) is 3.55. The molecule has 0 saturated carbocycles. The highest BCUT2D eigenvalue weighted by atomic mass is 32.2. The van der Waals surface area contributed by atoms with Crippen LogP contribution < -0.4 is 5.43 Å². The number of nitrogens with one attached hydrogen (secondary N) is 1. The summed E-state index contributed by atoms with van der Waals surface area (Å²) in [5, 5.41) is 4.83. The Kier molecular flexibility index (Phi) is 5.00. The van der Waals surface area contributed by atoms with Gasteiger partial charge in [-0.1, -0.05) is 23.9 Å². The summed E-state index contributed by atoms with van der Waals surface area (Å²) in [5.41, 5.74) is 5.51. The number of thioether (sulfide) groups is 1. The van der Waals surface area contributed by atoms with Crippen LogP contribution in [-0.4, -0.2) is 32.0 Å². The Labute approximate surface area is 144 Å². The predicted octanol–water partition coefficient (Wildman–Crippen LogP) is 2.64.